The number of carbonyl (C=O) groups is 4. The fraction of sp³-hybridized carbons (Fsp3) is 0.556. The van der Waals surface area contributed by atoms with Crippen molar-refractivity contribution in [2.75, 3.05) is 7.11 Å². The highest BCUT2D eigenvalue weighted by Gasteiger charge is 2.53. The molecule has 0 aromatic heterocycles. The van der Waals surface area contributed by atoms with E-state index in [1.807, 2.05) is 19.1 Å². The van der Waals surface area contributed by atoms with Crippen molar-refractivity contribution in [2.45, 2.75) is 65.4 Å². The number of allylic oxidation sites excluding steroid dienone is 5. The minimum Gasteiger partial charge on any atom is -0.469 e. The Kier molecular flexibility index (Phi) is 9.56. The van der Waals surface area contributed by atoms with E-state index in [4.69, 9.17) is 9.47 Å². The zero-order chi connectivity index (χ0) is 24.6. The molecule has 0 N–H and O–H groups in total. The second-order valence-electron chi connectivity index (χ2n) is 9.33. The Labute approximate surface area is 196 Å². The van der Waals surface area contributed by atoms with Crippen molar-refractivity contribution in [1.82, 2.24) is 0 Å². The van der Waals surface area contributed by atoms with E-state index >= 15 is 0 Å². The molecule has 0 amide bonds. The molecule has 6 heteroatoms. The summed E-state index contributed by atoms with van der Waals surface area (Å²) in [6.07, 6.45) is 12.6. The van der Waals surface area contributed by atoms with Gasteiger partial charge in [-0.3, -0.25) is 14.4 Å². The van der Waals surface area contributed by atoms with Gasteiger partial charge in [-0.25, -0.2) is 4.79 Å². The van der Waals surface area contributed by atoms with Crippen LogP contribution in [0.15, 0.2) is 48.1 Å². The van der Waals surface area contributed by atoms with Crippen molar-refractivity contribution in [3.63, 3.8) is 0 Å². The van der Waals surface area contributed by atoms with E-state index in [2.05, 4.69) is 20.4 Å². The first-order valence-electron chi connectivity index (χ1n) is 11.7. The largest absolute Gasteiger partial charge is 0.469 e. The van der Waals surface area contributed by atoms with Crippen molar-refractivity contribution in [3.05, 3.63) is 48.1 Å². The third kappa shape index (κ3) is 6.40. The highest BCUT2D eigenvalue weighted by molar-refractivity contribution is 6.00. The van der Waals surface area contributed by atoms with Gasteiger partial charge in [-0.05, 0) is 55.2 Å². The number of esters is 2. The zero-order valence-corrected chi connectivity index (χ0v) is 20.2. The fourth-order valence-electron chi connectivity index (χ4n) is 4.77. The number of ketones is 1. The molecule has 0 bridgehead atoms. The average Bonchev–Trinajstić information content (AvgIpc) is 2.80. The maximum Gasteiger partial charge on any atom is 0.331 e. The van der Waals surface area contributed by atoms with Crippen LogP contribution in [0.3, 0.4) is 0 Å². The molecule has 0 heterocycles. The molecule has 0 aromatic carbocycles. The Hall–Kier alpha value is -2.76. The van der Waals surface area contributed by atoms with Crippen LogP contribution in [0.25, 0.3) is 0 Å². The molecular formula is C27H36O6. The number of fused-ring (bicyclic) bond motifs is 1. The van der Waals surface area contributed by atoms with Crippen LogP contribution in [0.2, 0.25) is 0 Å². The van der Waals surface area contributed by atoms with E-state index in [0.29, 0.717) is 30.6 Å². The Morgan fingerprint density at radius 1 is 1.30 bits per heavy atom. The van der Waals surface area contributed by atoms with Crippen molar-refractivity contribution in [3.8, 4) is 0 Å². The summed E-state index contributed by atoms with van der Waals surface area (Å²) in [5, 5.41) is 0. The lowest BCUT2D eigenvalue weighted by Crippen LogP contribution is -2.49. The van der Waals surface area contributed by atoms with Crippen LogP contribution in [-0.4, -0.2) is 37.2 Å². The molecule has 6 nitrogen and oxygen atoms in total. The normalized spacial score (nSPS) is 28.2. The van der Waals surface area contributed by atoms with E-state index in [1.54, 1.807) is 6.08 Å². The Morgan fingerprint density at radius 3 is 2.67 bits per heavy atom. The van der Waals surface area contributed by atoms with E-state index < -0.39 is 29.3 Å². The number of aldehydes is 1. The molecule has 1 saturated carbocycles. The zero-order valence-electron chi connectivity index (χ0n) is 20.2. The van der Waals surface area contributed by atoms with Gasteiger partial charge in [-0.1, -0.05) is 52.0 Å². The SMILES string of the molecule is C=C(C=O)C1CC2(C)C(=CC1=O)C(OC(=O)C=CC=CCCC(C)CC)CCC2C(=O)OC. The molecule has 33 heavy (non-hydrogen) atoms. The summed E-state index contributed by atoms with van der Waals surface area (Å²) in [7, 11) is 1.33. The molecule has 2 aliphatic rings. The van der Waals surface area contributed by atoms with Crippen LogP contribution < -0.4 is 0 Å². The van der Waals surface area contributed by atoms with Crippen LogP contribution in [0, 0.1) is 23.2 Å². The lowest BCUT2D eigenvalue weighted by molar-refractivity contribution is -0.155. The standard InChI is InChI=1S/C27H36O6/c1-6-18(2)11-9-7-8-10-12-25(30)33-24-14-13-21(26(31)32-5)27(4)16-20(19(3)17-28)23(29)15-22(24)27/h7-8,10,12,15,17-18,20-21,24H,3,6,9,11,13-14,16H2,1-2,4-5H3. The first-order chi connectivity index (χ1) is 15.7. The van der Waals surface area contributed by atoms with Crippen LogP contribution in [-0.2, 0) is 28.7 Å². The number of carbonyl (C=O) groups excluding carboxylic acids is 4. The molecule has 0 aliphatic heterocycles. The number of hydrogen-bond donors (Lipinski definition) is 0. The average molecular weight is 457 g/mol. The number of rotatable bonds is 10. The summed E-state index contributed by atoms with van der Waals surface area (Å²) in [5.41, 5.74) is 0.0117. The van der Waals surface area contributed by atoms with Crippen molar-refractivity contribution < 1.29 is 28.7 Å². The number of hydrogen-bond acceptors (Lipinski definition) is 6. The molecule has 0 saturated heterocycles. The van der Waals surface area contributed by atoms with Gasteiger partial charge in [0.25, 0.3) is 0 Å². The van der Waals surface area contributed by atoms with Crippen LogP contribution >= 0.6 is 0 Å². The predicted octanol–water partition coefficient (Wildman–Crippen LogP) is 4.70. The highest BCUT2D eigenvalue weighted by atomic mass is 16.5. The summed E-state index contributed by atoms with van der Waals surface area (Å²) in [5.74, 6) is -1.65. The minimum absolute atomic E-state index is 0.183. The monoisotopic (exact) mass is 456 g/mol. The summed E-state index contributed by atoms with van der Waals surface area (Å²) in [4.78, 5) is 49.0. The van der Waals surface area contributed by atoms with Crippen molar-refractivity contribution in [1.29, 1.82) is 0 Å². The van der Waals surface area contributed by atoms with Crippen molar-refractivity contribution in [2.24, 2.45) is 23.2 Å². The van der Waals surface area contributed by atoms with Gasteiger partial charge in [0.15, 0.2) is 5.78 Å². The third-order valence-corrected chi connectivity index (χ3v) is 7.11. The Balaban J connectivity index is 2.16. The van der Waals surface area contributed by atoms with Gasteiger partial charge in [0.05, 0.1) is 18.9 Å². The Bertz CT molecular complexity index is 864. The molecule has 5 atom stereocenters. The van der Waals surface area contributed by atoms with Crippen LogP contribution in [0.4, 0.5) is 0 Å². The van der Waals surface area contributed by atoms with E-state index in [9.17, 15) is 19.2 Å². The molecule has 0 aromatic rings. The topological polar surface area (TPSA) is 86.7 Å². The predicted molar refractivity (Wildman–Crippen MR) is 126 cm³/mol. The maximum atomic E-state index is 12.7. The summed E-state index contributed by atoms with van der Waals surface area (Å²) >= 11 is 0. The van der Waals surface area contributed by atoms with Gasteiger partial charge in [-0.15, -0.1) is 0 Å². The minimum atomic E-state index is -0.777. The first-order valence-corrected chi connectivity index (χ1v) is 11.7. The van der Waals surface area contributed by atoms with Crippen LogP contribution in [0.5, 0.6) is 0 Å². The van der Waals surface area contributed by atoms with Gasteiger partial charge in [0, 0.05) is 11.5 Å². The number of ether oxygens (including phenoxy) is 2. The van der Waals surface area contributed by atoms with Gasteiger partial charge >= 0.3 is 11.9 Å². The molecule has 180 valence electrons. The highest BCUT2D eigenvalue weighted by Crippen LogP contribution is 2.53. The van der Waals surface area contributed by atoms with Gasteiger partial charge in [-0.2, -0.15) is 0 Å². The fourth-order valence-corrected chi connectivity index (χ4v) is 4.77. The molecule has 2 rings (SSSR count). The van der Waals surface area contributed by atoms with Gasteiger partial charge in [0.2, 0.25) is 0 Å². The first kappa shape index (κ1) is 26.5. The maximum absolute atomic E-state index is 12.7. The summed E-state index contributed by atoms with van der Waals surface area (Å²) in [6, 6.07) is 0. The van der Waals surface area contributed by atoms with E-state index in [0.717, 1.165) is 19.3 Å². The Morgan fingerprint density at radius 2 is 2.03 bits per heavy atom. The lowest BCUT2D eigenvalue weighted by atomic mass is 9.56. The molecule has 0 radical (unpaired) electrons. The van der Waals surface area contributed by atoms with E-state index in [-0.39, 0.29) is 23.7 Å². The van der Waals surface area contributed by atoms with Gasteiger partial charge < -0.3 is 9.47 Å². The molecule has 2 aliphatic carbocycles. The number of methoxy groups -OCH3 is 1. The second-order valence-corrected chi connectivity index (χ2v) is 9.33. The smallest absolute Gasteiger partial charge is 0.331 e. The summed E-state index contributed by atoms with van der Waals surface area (Å²) in [6.45, 7) is 9.96. The second kappa shape index (κ2) is 11.9. The molecule has 0 spiro atoms. The van der Waals surface area contributed by atoms with E-state index in [1.165, 1.54) is 19.3 Å². The molecule has 1 fully saturated rings. The summed E-state index contributed by atoms with van der Waals surface area (Å²) < 4.78 is 10.7. The quantitative estimate of drug-likeness (QED) is 0.205. The van der Waals surface area contributed by atoms with Crippen molar-refractivity contribution >= 4 is 24.0 Å². The lowest BCUT2D eigenvalue weighted by Gasteiger charge is -2.48. The van der Waals surface area contributed by atoms with Gasteiger partial charge in [0.1, 0.15) is 12.4 Å². The molecule has 5 unspecified atom stereocenters. The van der Waals surface area contributed by atoms with Crippen LogP contribution in [0.1, 0.15) is 59.3 Å². The third-order valence-electron chi connectivity index (χ3n) is 7.11. The molecular weight excluding hydrogens is 420 g/mol.